The first-order valence-electron chi connectivity index (χ1n) is 14.4. The molecule has 4 saturated heterocycles. The van der Waals surface area contributed by atoms with Crippen LogP contribution in [0.2, 0.25) is 0 Å². The normalized spacial score (nSPS) is 43.2. The van der Waals surface area contributed by atoms with E-state index in [9.17, 15) is 14.4 Å². The lowest BCUT2D eigenvalue weighted by Crippen LogP contribution is -2.29. The zero-order valence-corrected chi connectivity index (χ0v) is 23.3. The van der Waals surface area contributed by atoms with Gasteiger partial charge in [-0.05, 0) is 76.4 Å². The number of carbonyl (C=O) groups is 3. The Morgan fingerprint density at radius 2 is 1.25 bits per heavy atom. The number of carbonyl (C=O) groups excluding carboxylic acids is 3. The molecule has 40 heavy (non-hydrogen) atoms. The molecule has 4 fully saturated rings. The van der Waals surface area contributed by atoms with Crippen molar-refractivity contribution in [2.45, 2.75) is 101 Å². The second-order valence-electron chi connectivity index (χ2n) is 12.4. The highest BCUT2D eigenvalue weighted by Crippen LogP contribution is 2.51. The molecule has 0 amide bonds. The lowest BCUT2D eigenvalue weighted by molar-refractivity contribution is -0.140. The molecule has 0 aromatic rings. The van der Waals surface area contributed by atoms with E-state index in [1.54, 1.807) is 0 Å². The van der Waals surface area contributed by atoms with Crippen molar-refractivity contribution in [1.29, 1.82) is 0 Å². The molecule has 0 bridgehead atoms. The van der Waals surface area contributed by atoms with Gasteiger partial charge in [-0.2, -0.15) is 0 Å². The van der Waals surface area contributed by atoms with E-state index in [0.717, 1.165) is 36.8 Å². The molecule has 0 N–H and O–H groups in total. The van der Waals surface area contributed by atoms with Gasteiger partial charge in [0.05, 0.1) is 11.2 Å². The van der Waals surface area contributed by atoms with Crippen LogP contribution in [0.15, 0.2) is 47.6 Å². The van der Waals surface area contributed by atoms with Gasteiger partial charge in [-0.25, -0.2) is 14.4 Å². The second-order valence-corrected chi connectivity index (χ2v) is 12.4. The van der Waals surface area contributed by atoms with Crippen LogP contribution >= 0.6 is 0 Å². The molecule has 9 heteroatoms. The van der Waals surface area contributed by atoms with E-state index in [4.69, 9.17) is 28.4 Å². The Morgan fingerprint density at radius 3 is 1.68 bits per heavy atom. The molecular weight excluding hydrogens is 516 g/mol. The summed E-state index contributed by atoms with van der Waals surface area (Å²) in [6.07, 6.45) is 8.50. The molecule has 0 aromatic carbocycles. The molecule has 4 aliphatic heterocycles. The first kappa shape index (κ1) is 27.3. The molecule has 6 aliphatic rings. The summed E-state index contributed by atoms with van der Waals surface area (Å²) in [5, 5.41) is 0. The van der Waals surface area contributed by atoms with E-state index in [1.807, 2.05) is 13.8 Å². The van der Waals surface area contributed by atoms with Crippen LogP contribution in [0.4, 0.5) is 4.79 Å². The summed E-state index contributed by atoms with van der Waals surface area (Å²) in [6.45, 7) is 12.2. The third-order valence-electron chi connectivity index (χ3n) is 9.63. The predicted octanol–water partition coefficient (Wildman–Crippen LogP) is 4.65. The first-order valence-corrected chi connectivity index (χ1v) is 14.4. The Hall–Kier alpha value is -2.91. The Labute approximate surface area is 234 Å². The smallest absolute Gasteiger partial charge is 0.455 e. The first-order chi connectivity index (χ1) is 19.1. The molecule has 0 unspecified atom stereocenters. The van der Waals surface area contributed by atoms with Gasteiger partial charge in [0.15, 0.2) is 0 Å². The summed E-state index contributed by atoms with van der Waals surface area (Å²) < 4.78 is 34.1. The summed E-state index contributed by atoms with van der Waals surface area (Å²) in [6, 6.07) is 0. The van der Waals surface area contributed by atoms with E-state index in [-0.39, 0.29) is 72.6 Å². The number of hydrogen-bond acceptors (Lipinski definition) is 9. The van der Waals surface area contributed by atoms with Gasteiger partial charge in [0.25, 0.3) is 0 Å². The lowest BCUT2D eigenvalue weighted by atomic mass is 9.84. The highest BCUT2D eigenvalue weighted by atomic mass is 16.7. The number of esters is 2. The van der Waals surface area contributed by atoms with Crippen molar-refractivity contribution in [3.05, 3.63) is 47.6 Å². The van der Waals surface area contributed by atoms with Gasteiger partial charge >= 0.3 is 18.1 Å². The largest absolute Gasteiger partial charge is 0.508 e. The van der Waals surface area contributed by atoms with Gasteiger partial charge in [-0.15, -0.1) is 0 Å². The third kappa shape index (κ3) is 5.14. The van der Waals surface area contributed by atoms with Crippen molar-refractivity contribution < 1.29 is 42.8 Å². The third-order valence-corrected chi connectivity index (χ3v) is 9.63. The number of hydrogen-bond donors (Lipinski definition) is 0. The highest BCUT2D eigenvalue weighted by molar-refractivity contribution is 5.91. The van der Waals surface area contributed by atoms with E-state index < -0.39 is 6.16 Å². The van der Waals surface area contributed by atoms with Crippen LogP contribution in [0.3, 0.4) is 0 Å². The number of epoxide rings is 2. The topological polar surface area (TPSA) is 113 Å². The number of ether oxygens (including phenoxy) is 6. The van der Waals surface area contributed by atoms with Crippen LogP contribution in [-0.4, -0.2) is 66.9 Å². The van der Waals surface area contributed by atoms with Crippen LogP contribution in [0.5, 0.6) is 0 Å². The second kappa shape index (κ2) is 10.2. The van der Waals surface area contributed by atoms with Crippen LogP contribution < -0.4 is 0 Å². The van der Waals surface area contributed by atoms with Gasteiger partial charge in [0.2, 0.25) is 0 Å². The predicted molar refractivity (Wildman–Crippen MR) is 142 cm³/mol. The minimum Gasteiger partial charge on any atom is -0.455 e. The summed E-state index contributed by atoms with van der Waals surface area (Å²) >= 11 is 0. The van der Waals surface area contributed by atoms with Crippen molar-refractivity contribution in [3.63, 3.8) is 0 Å². The van der Waals surface area contributed by atoms with Gasteiger partial charge in [-0.1, -0.05) is 25.3 Å². The molecule has 0 saturated carbocycles. The Bertz CT molecular complexity index is 1110. The van der Waals surface area contributed by atoms with Crippen molar-refractivity contribution in [1.82, 2.24) is 0 Å². The molecule has 0 aromatic heterocycles. The van der Waals surface area contributed by atoms with Gasteiger partial charge in [0.1, 0.15) is 37.6 Å². The Kier molecular flexibility index (Phi) is 6.94. The Morgan fingerprint density at radius 1 is 0.825 bits per heavy atom. The molecular formula is C31H38O9. The lowest BCUT2D eigenvalue weighted by Gasteiger charge is -2.20. The fraction of sp³-hybridized carbons (Fsp3) is 0.645. The van der Waals surface area contributed by atoms with Crippen molar-refractivity contribution in [2.24, 2.45) is 11.8 Å². The van der Waals surface area contributed by atoms with E-state index >= 15 is 0 Å². The fourth-order valence-corrected chi connectivity index (χ4v) is 6.85. The van der Waals surface area contributed by atoms with Crippen molar-refractivity contribution in [3.8, 4) is 0 Å². The molecule has 4 heterocycles. The van der Waals surface area contributed by atoms with Crippen LogP contribution in [0.1, 0.15) is 65.2 Å². The van der Waals surface area contributed by atoms with Gasteiger partial charge in [-0.3, -0.25) is 0 Å². The standard InChI is InChI=1S/C31H38O9/c1-17-21-11-9-19(7-5-13-30(3)25(39-30)23(21)37-27(17)32)15-35-29(34)36-16-20-8-6-14-31(4)26(40-31)24-22(12-10-20)18(2)28(33)38-24/h7-8,21-26H,1-2,5-6,9-16H2,3-4H3/b19-7+,20-8+/t21-,22-,23-,24-,25-,26-,30+,31+/m0/s1. The molecule has 0 spiro atoms. The summed E-state index contributed by atoms with van der Waals surface area (Å²) in [7, 11) is 0. The summed E-state index contributed by atoms with van der Waals surface area (Å²) in [4.78, 5) is 36.9. The minimum atomic E-state index is -0.727. The minimum absolute atomic E-state index is 0.0927. The summed E-state index contributed by atoms with van der Waals surface area (Å²) in [5.41, 5.74) is 2.30. The molecule has 8 atom stereocenters. The number of allylic oxidation sites excluding steroid dienone is 2. The van der Waals surface area contributed by atoms with E-state index in [1.165, 1.54) is 0 Å². The zero-order valence-electron chi connectivity index (χ0n) is 23.3. The van der Waals surface area contributed by atoms with E-state index in [0.29, 0.717) is 36.8 Å². The summed E-state index contributed by atoms with van der Waals surface area (Å²) in [5.74, 6) is -0.917. The maximum Gasteiger partial charge on any atom is 0.508 e. The Balaban J connectivity index is 1.02. The molecule has 0 radical (unpaired) electrons. The number of fused-ring (bicyclic) bond motifs is 6. The monoisotopic (exact) mass is 554 g/mol. The quantitative estimate of drug-likeness (QED) is 0.161. The molecule has 216 valence electrons. The molecule has 6 rings (SSSR count). The van der Waals surface area contributed by atoms with Crippen LogP contribution in [-0.2, 0) is 38.0 Å². The maximum atomic E-state index is 12.6. The highest BCUT2D eigenvalue weighted by Gasteiger charge is 2.62. The zero-order chi connectivity index (χ0) is 28.2. The van der Waals surface area contributed by atoms with Crippen LogP contribution in [0.25, 0.3) is 0 Å². The maximum absolute atomic E-state index is 12.6. The fourth-order valence-electron chi connectivity index (χ4n) is 6.85. The van der Waals surface area contributed by atoms with Crippen LogP contribution in [0, 0.1) is 11.8 Å². The van der Waals surface area contributed by atoms with Crippen molar-refractivity contribution >= 4 is 18.1 Å². The van der Waals surface area contributed by atoms with Crippen molar-refractivity contribution in [2.75, 3.05) is 13.2 Å². The average Bonchev–Trinajstić information content (AvgIpc) is 3.73. The molecule has 2 aliphatic carbocycles. The van der Waals surface area contributed by atoms with Gasteiger partial charge in [0, 0.05) is 23.0 Å². The average molecular weight is 555 g/mol. The SMILES string of the molecule is C=C1C(=O)O[C@H]2[C@H]1CC/C(COC(=O)OC/C1=C/CC[C@@]3(C)O[C@H]3[C@H]3OC(=O)C(=C)[C@@H]3CC1)=C\CC[C@@]1(C)O[C@@H]21. The van der Waals surface area contributed by atoms with Gasteiger partial charge < -0.3 is 28.4 Å². The molecule has 9 nitrogen and oxygen atoms in total. The number of rotatable bonds is 4. The van der Waals surface area contributed by atoms with E-state index in [2.05, 4.69) is 25.3 Å².